The van der Waals surface area contributed by atoms with Gasteiger partial charge in [-0.2, -0.15) is 10.1 Å². The number of benzene rings is 2. The molecule has 2 bridgehead atoms. The molecule has 5 nitrogen and oxygen atoms in total. The molecule has 5 aliphatic rings. The van der Waals surface area contributed by atoms with Crippen molar-refractivity contribution in [2.75, 3.05) is 0 Å². The largest absolute Gasteiger partial charge is 0.488 e. The second-order valence-electron chi connectivity index (χ2n) is 8.81. The number of nitrogens with zero attached hydrogens (tertiary/aromatic N) is 2. The maximum absolute atomic E-state index is 13.1. The van der Waals surface area contributed by atoms with Crippen molar-refractivity contribution >= 4 is 29.6 Å². The van der Waals surface area contributed by atoms with E-state index in [0.29, 0.717) is 34.8 Å². The summed E-state index contributed by atoms with van der Waals surface area (Å²) >= 11 is 6.22. The maximum atomic E-state index is 13.1. The Morgan fingerprint density at radius 2 is 1.61 bits per heavy atom. The van der Waals surface area contributed by atoms with E-state index in [4.69, 9.17) is 16.3 Å². The van der Waals surface area contributed by atoms with Crippen molar-refractivity contribution in [1.29, 1.82) is 0 Å². The molecule has 2 amide bonds. The van der Waals surface area contributed by atoms with Gasteiger partial charge in [-0.1, -0.05) is 54.1 Å². The van der Waals surface area contributed by atoms with Crippen LogP contribution < -0.4 is 4.74 Å². The van der Waals surface area contributed by atoms with Crippen LogP contribution in [0.15, 0.2) is 65.8 Å². The molecule has 0 aromatic heterocycles. The first-order chi connectivity index (χ1) is 15.1. The molecular weight excluding hydrogens is 412 g/mol. The summed E-state index contributed by atoms with van der Waals surface area (Å²) in [7, 11) is 0. The van der Waals surface area contributed by atoms with Gasteiger partial charge in [0.1, 0.15) is 12.4 Å². The fraction of sp³-hybridized carbons (Fsp3) is 0.320. The molecule has 1 aliphatic heterocycles. The summed E-state index contributed by atoms with van der Waals surface area (Å²) in [5, 5.41) is 6.06. The molecule has 6 heteroatoms. The van der Waals surface area contributed by atoms with Crippen LogP contribution in [0.5, 0.6) is 5.75 Å². The van der Waals surface area contributed by atoms with Gasteiger partial charge in [-0.15, -0.1) is 0 Å². The molecule has 31 heavy (non-hydrogen) atoms. The molecule has 3 fully saturated rings. The molecule has 1 saturated heterocycles. The second-order valence-corrected chi connectivity index (χ2v) is 9.21. The summed E-state index contributed by atoms with van der Waals surface area (Å²) in [5.74, 6) is 1.37. The Balaban J connectivity index is 1.22. The number of carbonyl (C=O) groups excluding carboxylic acids is 2. The van der Waals surface area contributed by atoms with Crippen LogP contribution in [0.4, 0.5) is 0 Å². The lowest BCUT2D eigenvalue weighted by Gasteiger charge is -2.37. The zero-order chi connectivity index (χ0) is 21.1. The molecule has 0 unspecified atom stereocenters. The average Bonchev–Trinajstić information content (AvgIpc) is 3.57. The smallest absolute Gasteiger partial charge is 0.254 e. The third kappa shape index (κ3) is 2.94. The Morgan fingerprint density at radius 3 is 2.32 bits per heavy atom. The van der Waals surface area contributed by atoms with Crippen molar-refractivity contribution in [2.45, 2.75) is 13.0 Å². The number of hydrazone groups is 1. The normalized spacial score (nSPS) is 32.5. The van der Waals surface area contributed by atoms with Crippen LogP contribution in [0.2, 0.25) is 5.02 Å². The maximum Gasteiger partial charge on any atom is 0.254 e. The minimum atomic E-state index is -0.241. The Hall–Kier alpha value is -2.92. The number of ether oxygens (including phenoxy) is 1. The van der Waals surface area contributed by atoms with Crippen LogP contribution in [-0.2, 0) is 16.2 Å². The highest BCUT2D eigenvalue weighted by atomic mass is 35.5. The van der Waals surface area contributed by atoms with Gasteiger partial charge in [0, 0.05) is 16.1 Å². The molecule has 0 N–H and O–H groups in total. The van der Waals surface area contributed by atoms with Crippen molar-refractivity contribution in [3.8, 4) is 5.75 Å². The molecule has 2 saturated carbocycles. The van der Waals surface area contributed by atoms with Gasteiger partial charge in [-0.3, -0.25) is 9.59 Å². The number of amides is 2. The van der Waals surface area contributed by atoms with Crippen molar-refractivity contribution in [3.63, 3.8) is 0 Å². The van der Waals surface area contributed by atoms with Crippen LogP contribution in [0.1, 0.15) is 17.5 Å². The summed E-state index contributed by atoms with van der Waals surface area (Å²) in [6.45, 7) is 0.314. The fourth-order valence-corrected chi connectivity index (χ4v) is 5.85. The Labute approximate surface area is 185 Å². The van der Waals surface area contributed by atoms with Crippen LogP contribution >= 0.6 is 11.6 Å². The van der Waals surface area contributed by atoms with E-state index < -0.39 is 0 Å². The van der Waals surface area contributed by atoms with Crippen molar-refractivity contribution < 1.29 is 14.3 Å². The van der Waals surface area contributed by atoms with Crippen molar-refractivity contribution in [2.24, 2.45) is 40.6 Å². The summed E-state index contributed by atoms with van der Waals surface area (Å²) in [6, 6.07) is 14.9. The van der Waals surface area contributed by atoms with Gasteiger partial charge in [0.05, 0.1) is 18.1 Å². The first kappa shape index (κ1) is 18.8. The van der Waals surface area contributed by atoms with Gasteiger partial charge in [0.25, 0.3) is 11.8 Å². The topological polar surface area (TPSA) is 59.0 Å². The number of hydrogen-bond donors (Lipinski definition) is 0. The predicted molar refractivity (Wildman–Crippen MR) is 116 cm³/mol. The molecule has 0 radical (unpaired) electrons. The van der Waals surface area contributed by atoms with E-state index in [-0.39, 0.29) is 35.5 Å². The fourth-order valence-electron chi connectivity index (χ4n) is 5.66. The van der Waals surface area contributed by atoms with E-state index in [1.54, 1.807) is 6.21 Å². The van der Waals surface area contributed by atoms with Gasteiger partial charge in [-0.05, 0) is 48.3 Å². The third-order valence-corrected chi connectivity index (χ3v) is 7.58. The highest BCUT2D eigenvalue weighted by Crippen LogP contribution is 2.65. The minimum absolute atomic E-state index is 0.162. The number of hydrogen-bond acceptors (Lipinski definition) is 4. The van der Waals surface area contributed by atoms with E-state index in [1.807, 2.05) is 48.5 Å². The summed E-state index contributed by atoms with van der Waals surface area (Å²) in [5.41, 5.74) is 1.58. The molecule has 7 rings (SSSR count). The number of allylic oxidation sites excluding steroid dienone is 2. The average molecular weight is 433 g/mol. The molecule has 2 aromatic carbocycles. The number of imide groups is 1. The Kier molecular flexibility index (Phi) is 4.29. The summed E-state index contributed by atoms with van der Waals surface area (Å²) in [4.78, 5) is 26.1. The Morgan fingerprint density at radius 1 is 0.968 bits per heavy atom. The molecule has 4 aliphatic carbocycles. The number of para-hydroxylation sites is 1. The zero-order valence-corrected chi connectivity index (χ0v) is 17.5. The Bertz CT molecular complexity index is 1110. The summed E-state index contributed by atoms with van der Waals surface area (Å²) in [6.07, 6.45) is 7.02. The lowest BCUT2D eigenvalue weighted by Crippen LogP contribution is -2.40. The highest BCUT2D eigenvalue weighted by Gasteiger charge is 2.67. The number of carbonyl (C=O) groups is 2. The number of rotatable bonds is 5. The lowest BCUT2D eigenvalue weighted by atomic mass is 9.63. The third-order valence-electron chi connectivity index (χ3n) is 7.21. The summed E-state index contributed by atoms with van der Waals surface area (Å²) < 4.78 is 5.96. The first-order valence-electron chi connectivity index (χ1n) is 10.7. The minimum Gasteiger partial charge on any atom is -0.488 e. The monoisotopic (exact) mass is 432 g/mol. The van der Waals surface area contributed by atoms with E-state index in [1.165, 1.54) is 0 Å². The van der Waals surface area contributed by atoms with E-state index in [2.05, 4.69) is 17.3 Å². The molecular formula is C25H21ClN2O3. The van der Waals surface area contributed by atoms with E-state index in [9.17, 15) is 9.59 Å². The van der Waals surface area contributed by atoms with Crippen LogP contribution in [0, 0.1) is 35.5 Å². The van der Waals surface area contributed by atoms with Crippen LogP contribution in [0.3, 0.4) is 0 Å². The number of halogens is 1. The van der Waals surface area contributed by atoms with Gasteiger partial charge < -0.3 is 4.74 Å². The van der Waals surface area contributed by atoms with Gasteiger partial charge in [0.2, 0.25) is 0 Å². The zero-order valence-electron chi connectivity index (χ0n) is 16.7. The van der Waals surface area contributed by atoms with E-state index in [0.717, 1.165) is 17.0 Å². The van der Waals surface area contributed by atoms with Crippen molar-refractivity contribution in [1.82, 2.24) is 5.01 Å². The lowest BCUT2D eigenvalue weighted by molar-refractivity contribution is -0.140. The molecule has 6 atom stereocenters. The van der Waals surface area contributed by atoms with E-state index >= 15 is 0 Å². The predicted octanol–water partition coefficient (Wildman–Crippen LogP) is 4.31. The van der Waals surface area contributed by atoms with Gasteiger partial charge in [-0.25, -0.2) is 0 Å². The molecule has 2 aromatic rings. The molecule has 1 heterocycles. The van der Waals surface area contributed by atoms with Crippen LogP contribution in [-0.4, -0.2) is 23.0 Å². The quantitative estimate of drug-likeness (QED) is 0.402. The highest BCUT2D eigenvalue weighted by molar-refractivity contribution is 6.31. The molecule has 0 spiro atoms. The second kappa shape index (κ2) is 7.06. The van der Waals surface area contributed by atoms with Crippen molar-refractivity contribution in [3.05, 3.63) is 76.8 Å². The molecule has 156 valence electrons. The van der Waals surface area contributed by atoms with Gasteiger partial charge in [0.15, 0.2) is 0 Å². The SMILES string of the molecule is O=C1[C@@H]2[C@H]3C=C[C@@H]([C@@H]4C[C@@H]34)[C@H]2C(=O)N1/N=C\c1ccccc1OCc1ccccc1Cl. The van der Waals surface area contributed by atoms with Gasteiger partial charge >= 0.3 is 0 Å². The first-order valence-corrected chi connectivity index (χ1v) is 11.1. The standard InChI is InChI=1S/C25H21ClN2O3/c26-20-7-3-1-6-15(20)13-31-21-8-4-2-5-14(21)12-27-28-24(29)22-16-9-10-17(19-11-18(16)19)23(22)25(28)30/h1-10,12,16-19,22-23H,11,13H2/b27-12-/t16-,17-,18-,19-,22+,23+/m0/s1. The van der Waals surface area contributed by atoms with Crippen LogP contribution in [0.25, 0.3) is 0 Å².